The number of rotatable bonds is 5. The second-order valence-electron chi connectivity index (χ2n) is 5.95. The van der Waals surface area contributed by atoms with Crippen LogP contribution < -0.4 is 5.32 Å². The van der Waals surface area contributed by atoms with Crippen LogP contribution in [0.2, 0.25) is 0 Å². The fourth-order valence-corrected chi connectivity index (χ4v) is 3.87. The van der Waals surface area contributed by atoms with E-state index in [0.717, 1.165) is 18.9 Å². The van der Waals surface area contributed by atoms with E-state index in [2.05, 4.69) is 17.1 Å². The molecular formula is C14H26N2O2. The first kappa shape index (κ1) is 12.9. The third kappa shape index (κ3) is 2.31. The molecule has 4 heteroatoms. The van der Waals surface area contributed by atoms with E-state index in [0.29, 0.717) is 18.2 Å². The normalized spacial score (nSPS) is 47.0. The average Bonchev–Trinajstić information content (AvgIpc) is 2.39. The van der Waals surface area contributed by atoms with Crippen molar-refractivity contribution in [2.45, 2.75) is 50.5 Å². The van der Waals surface area contributed by atoms with Crippen molar-refractivity contribution in [3.63, 3.8) is 0 Å². The third-order valence-electron chi connectivity index (χ3n) is 4.99. The highest BCUT2D eigenvalue weighted by atomic mass is 16.5. The van der Waals surface area contributed by atoms with Gasteiger partial charge in [-0.1, -0.05) is 0 Å². The van der Waals surface area contributed by atoms with Crippen LogP contribution in [0, 0.1) is 5.92 Å². The molecule has 1 saturated carbocycles. The molecule has 3 heterocycles. The zero-order chi connectivity index (χ0) is 12.5. The first-order valence-corrected chi connectivity index (χ1v) is 7.44. The summed E-state index contributed by atoms with van der Waals surface area (Å²) in [6.07, 6.45) is 4.41. The van der Waals surface area contributed by atoms with Crippen LogP contribution in [0.5, 0.6) is 0 Å². The van der Waals surface area contributed by atoms with E-state index in [1.54, 1.807) is 7.11 Å². The van der Waals surface area contributed by atoms with Crippen LogP contribution in [0.15, 0.2) is 0 Å². The minimum atomic E-state index is 0.250. The molecule has 18 heavy (non-hydrogen) atoms. The lowest BCUT2D eigenvalue weighted by molar-refractivity contribution is -0.136. The second-order valence-corrected chi connectivity index (χ2v) is 5.95. The molecule has 4 fully saturated rings. The lowest BCUT2D eigenvalue weighted by Crippen LogP contribution is -2.66. The molecule has 4 atom stereocenters. The van der Waals surface area contributed by atoms with Gasteiger partial charge in [-0.2, -0.15) is 0 Å². The maximum atomic E-state index is 5.69. The van der Waals surface area contributed by atoms with Crippen LogP contribution in [0.3, 0.4) is 0 Å². The van der Waals surface area contributed by atoms with Crippen LogP contribution in [0.25, 0.3) is 0 Å². The Labute approximate surface area is 110 Å². The molecule has 0 amide bonds. The molecule has 3 aliphatic heterocycles. The molecule has 0 aromatic heterocycles. The molecule has 4 aliphatic rings. The van der Waals surface area contributed by atoms with Crippen LogP contribution in [0.4, 0.5) is 0 Å². The van der Waals surface area contributed by atoms with Crippen molar-refractivity contribution in [2.24, 2.45) is 5.92 Å². The van der Waals surface area contributed by atoms with E-state index in [9.17, 15) is 0 Å². The maximum absolute atomic E-state index is 5.69. The first-order chi connectivity index (χ1) is 8.81. The Balaban J connectivity index is 1.51. The standard InChI is InChI=1S/C14H26N2O2/c1-3-18-13-8-11(14(13)17-2)15-12-9-16-6-4-10(12)5-7-16/h10-15H,3-9H2,1-2H3. The second kappa shape index (κ2) is 5.45. The van der Waals surface area contributed by atoms with E-state index in [1.807, 2.05) is 0 Å². The Bertz CT molecular complexity index is 279. The van der Waals surface area contributed by atoms with Gasteiger partial charge in [0.2, 0.25) is 0 Å². The quantitative estimate of drug-likeness (QED) is 0.789. The van der Waals surface area contributed by atoms with Gasteiger partial charge < -0.3 is 19.7 Å². The Hall–Kier alpha value is -0.160. The maximum Gasteiger partial charge on any atom is 0.0986 e. The van der Waals surface area contributed by atoms with E-state index in [4.69, 9.17) is 9.47 Å². The topological polar surface area (TPSA) is 33.7 Å². The van der Waals surface area contributed by atoms with Gasteiger partial charge in [0.05, 0.1) is 12.2 Å². The van der Waals surface area contributed by atoms with Gasteiger partial charge in [0.15, 0.2) is 0 Å². The fourth-order valence-electron chi connectivity index (χ4n) is 3.87. The van der Waals surface area contributed by atoms with Crippen molar-refractivity contribution in [1.29, 1.82) is 0 Å². The van der Waals surface area contributed by atoms with Crippen molar-refractivity contribution in [3.05, 3.63) is 0 Å². The molecular weight excluding hydrogens is 228 g/mol. The predicted molar refractivity (Wildman–Crippen MR) is 70.7 cm³/mol. The SMILES string of the molecule is CCOC1CC(NC2CN3CCC2CC3)C1OC. The summed E-state index contributed by atoms with van der Waals surface area (Å²) in [6.45, 7) is 6.69. The van der Waals surface area contributed by atoms with Gasteiger partial charge in [-0.15, -0.1) is 0 Å². The van der Waals surface area contributed by atoms with E-state index in [-0.39, 0.29) is 6.10 Å². The Kier molecular flexibility index (Phi) is 3.89. The predicted octanol–water partition coefficient (Wildman–Crippen LogP) is 0.863. The molecule has 4 nitrogen and oxygen atoms in total. The van der Waals surface area contributed by atoms with Crippen molar-refractivity contribution < 1.29 is 9.47 Å². The highest BCUT2D eigenvalue weighted by Crippen LogP contribution is 2.32. The monoisotopic (exact) mass is 254 g/mol. The van der Waals surface area contributed by atoms with Crippen molar-refractivity contribution in [1.82, 2.24) is 10.2 Å². The van der Waals surface area contributed by atoms with Gasteiger partial charge in [-0.05, 0) is 45.2 Å². The molecule has 4 rings (SSSR count). The third-order valence-corrected chi connectivity index (χ3v) is 4.99. The van der Waals surface area contributed by atoms with Gasteiger partial charge in [-0.3, -0.25) is 0 Å². The first-order valence-electron chi connectivity index (χ1n) is 7.44. The number of fused-ring (bicyclic) bond motifs is 3. The highest BCUT2D eigenvalue weighted by molar-refractivity contribution is 5.01. The lowest BCUT2D eigenvalue weighted by atomic mass is 9.80. The molecule has 0 spiro atoms. The summed E-state index contributed by atoms with van der Waals surface area (Å²) >= 11 is 0. The molecule has 0 aromatic carbocycles. The summed E-state index contributed by atoms with van der Waals surface area (Å²) in [5.41, 5.74) is 0. The zero-order valence-corrected chi connectivity index (χ0v) is 11.6. The highest BCUT2D eigenvalue weighted by Gasteiger charge is 2.45. The molecule has 3 saturated heterocycles. The van der Waals surface area contributed by atoms with Crippen LogP contribution in [0.1, 0.15) is 26.2 Å². The number of ether oxygens (including phenoxy) is 2. The molecule has 1 aliphatic carbocycles. The van der Waals surface area contributed by atoms with Gasteiger partial charge in [0, 0.05) is 32.3 Å². The minimum Gasteiger partial charge on any atom is -0.377 e. The number of hydrogen-bond acceptors (Lipinski definition) is 4. The van der Waals surface area contributed by atoms with Gasteiger partial charge >= 0.3 is 0 Å². The molecule has 0 radical (unpaired) electrons. The van der Waals surface area contributed by atoms with E-state index >= 15 is 0 Å². The summed E-state index contributed by atoms with van der Waals surface area (Å²) in [5.74, 6) is 0.888. The van der Waals surface area contributed by atoms with Gasteiger partial charge in [0.1, 0.15) is 0 Å². The van der Waals surface area contributed by atoms with E-state index < -0.39 is 0 Å². The van der Waals surface area contributed by atoms with Crippen LogP contribution in [-0.2, 0) is 9.47 Å². The van der Waals surface area contributed by atoms with Crippen molar-refractivity contribution >= 4 is 0 Å². The van der Waals surface area contributed by atoms with Crippen molar-refractivity contribution in [2.75, 3.05) is 33.4 Å². The summed E-state index contributed by atoms with van der Waals surface area (Å²) in [5, 5.41) is 3.83. The minimum absolute atomic E-state index is 0.250. The van der Waals surface area contributed by atoms with Gasteiger partial charge in [0.25, 0.3) is 0 Å². The summed E-state index contributed by atoms with van der Waals surface area (Å²) in [6, 6.07) is 1.18. The molecule has 0 aromatic rings. The molecule has 104 valence electrons. The summed E-state index contributed by atoms with van der Waals surface area (Å²) in [7, 11) is 1.81. The summed E-state index contributed by atoms with van der Waals surface area (Å²) in [4.78, 5) is 2.60. The van der Waals surface area contributed by atoms with E-state index in [1.165, 1.54) is 32.5 Å². The number of nitrogens with one attached hydrogen (secondary N) is 1. The number of piperidine rings is 3. The van der Waals surface area contributed by atoms with Crippen LogP contribution in [-0.4, -0.2) is 62.5 Å². The Morgan fingerprint density at radius 2 is 2.00 bits per heavy atom. The Morgan fingerprint density at radius 3 is 2.56 bits per heavy atom. The smallest absolute Gasteiger partial charge is 0.0986 e. The number of nitrogens with zero attached hydrogens (tertiary/aromatic N) is 1. The van der Waals surface area contributed by atoms with Gasteiger partial charge in [-0.25, -0.2) is 0 Å². The fraction of sp³-hybridized carbons (Fsp3) is 1.00. The largest absolute Gasteiger partial charge is 0.377 e. The Morgan fingerprint density at radius 1 is 1.22 bits per heavy atom. The lowest BCUT2D eigenvalue weighted by Gasteiger charge is -2.50. The zero-order valence-electron chi connectivity index (χ0n) is 11.6. The summed E-state index contributed by atoms with van der Waals surface area (Å²) < 4.78 is 11.3. The average molecular weight is 254 g/mol. The van der Waals surface area contributed by atoms with Crippen molar-refractivity contribution in [3.8, 4) is 0 Å². The number of methoxy groups -OCH3 is 1. The molecule has 1 N–H and O–H groups in total. The molecule has 2 bridgehead atoms. The number of hydrogen-bond donors (Lipinski definition) is 1. The molecule has 4 unspecified atom stereocenters. The van der Waals surface area contributed by atoms with Crippen LogP contribution >= 0.6 is 0 Å².